The Morgan fingerprint density at radius 1 is 1.17 bits per heavy atom. The molecule has 3 N–H and O–H groups in total. The smallest absolute Gasteiger partial charge is 0.140 e. The van der Waals surface area contributed by atoms with E-state index < -0.39 is 0 Å². The lowest BCUT2D eigenvalue weighted by molar-refractivity contribution is -0.931. The van der Waals surface area contributed by atoms with E-state index in [0.29, 0.717) is 0 Å². The topological polar surface area (TPSA) is 21.1 Å². The minimum absolute atomic E-state index is 0.963. The summed E-state index contributed by atoms with van der Waals surface area (Å²) in [5.41, 5.74) is 0. The number of likely N-dealkylation sites (tertiary alicyclic amines) is 1. The number of quaternary nitrogens is 2. The van der Waals surface area contributed by atoms with Crippen molar-refractivity contribution in [3.8, 4) is 0 Å². The second-order valence-electron chi connectivity index (χ2n) is 4.53. The summed E-state index contributed by atoms with van der Waals surface area (Å²) in [5, 5.41) is 2.58. The summed E-state index contributed by atoms with van der Waals surface area (Å²) < 4.78 is 0. The number of hydrogen-bond acceptors (Lipinski definition) is 0. The quantitative estimate of drug-likeness (QED) is 0.492. The zero-order chi connectivity index (χ0) is 8.39. The molecule has 0 bridgehead atoms. The molecule has 2 heterocycles. The van der Waals surface area contributed by atoms with Gasteiger partial charge in [0.25, 0.3) is 0 Å². The second kappa shape index (κ2) is 3.75. The Labute approximate surface area is 75.3 Å². The van der Waals surface area contributed by atoms with E-state index in [-0.39, 0.29) is 0 Å². The van der Waals surface area contributed by atoms with Crippen LogP contribution in [0.15, 0.2) is 0 Å². The summed E-state index contributed by atoms with van der Waals surface area (Å²) >= 11 is 0. The molecule has 1 unspecified atom stereocenters. The Balaban J connectivity index is 1.91. The Morgan fingerprint density at radius 2 is 2.08 bits per heavy atom. The average Bonchev–Trinajstić information content (AvgIpc) is 2.57. The van der Waals surface area contributed by atoms with Gasteiger partial charge in [0, 0.05) is 19.3 Å². The minimum Gasteiger partial charge on any atom is -0.339 e. The first kappa shape index (κ1) is 8.52. The van der Waals surface area contributed by atoms with Gasteiger partial charge in [0.15, 0.2) is 0 Å². The second-order valence-corrected chi connectivity index (χ2v) is 4.53. The van der Waals surface area contributed by atoms with Gasteiger partial charge in [0.05, 0.1) is 20.1 Å². The zero-order valence-corrected chi connectivity index (χ0v) is 8.18. The van der Waals surface area contributed by atoms with Gasteiger partial charge in [-0.25, -0.2) is 0 Å². The van der Waals surface area contributed by atoms with Gasteiger partial charge in [0.2, 0.25) is 0 Å². The van der Waals surface area contributed by atoms with E-state index in [9.17, 15) is 0 Å². The van der Waals surface area contributed by atoms with Crippen molar-refractivity contribution in [3.63, 3.8) is 0 Å². The van der Waals surface area contributed by atoms with Crippen LogP contribution in [0, 0.1) is 0 Å². The number of nitrogens with two attached hydrogens (primary N) is 1. The molecule has 0 aromatic rings. The van der Waals surface area contributed by atoms with Crippen LogP contribution in [0.5, 0.6) is 0 Å². The molecule has 2 aliphatic heterocycles. The lowest BCUT2D eigenvalue weighted by Crippen LogP contribution is -3.18. The van der Waals surface area contributed by atoms with Crippen molar-refractivity contribution in [2.75, 3.05) is 20.1 Å². The van der Waals surface area contributed by atoms with Crippen molar-refractivity contribution in [1.82, 2.24) is 0 Å². The third-order valence-electron chi connectivity index (χ3n) is 3.70. The Hall–Kier alpha value is -0.0800. The molecule has 0 aromatic carbocycles. The van der Waals surface area contributed by atoms with E-state index in [0.717, 1.165) is 12.1 Å². The van der Waals surface area contributed by atoms with Crippen LogP contribution in [0.25, 0.3) is 0 Å². The third kappa shape index (κ3) is 1.64. The lowest BCUT2D eigenvalue weighted by Gasteiger charge is -2.31. The Morgan fingerprint density at radius 3 is 2.75 bits per heavy atom. The monoisotopic (exact) mass is 170 g/mol. The first-order chi connectivity index (χ1) is 5.88. The van der Waals surface area contributed by atoms with Gasteiger partial charge in [-0.3, -0.25) is 0 Å². The predicted octanol–water partition coefficient (Wildman–Crippen LogP) is -1.22. The van der Waals surface area contributed by atoms with Crippen LogP contribution in [0.1, 0.15) is 32.1 Å². The fourth-order valence-corrected chi connectivity index (χ4v) is 2.95. The molecular formula is C10H22N2+2. The summed E-state index contributed by atoms with van der Waals surface area (Å²) in [6.07, 6.45) is 7.34. The van der Waals surface area contributed by atoms with Crippen molar-refractivity contribution in [2.45, 2.75) is 44.2 Å². The van der Waals surface area contributed by atoms with Gasteiger partial charge in [-0.15, -0.1) is 0 Å². The predicted molar refractivity (Wildman–Crippen MR) is 49.2 cm³/mol. The summed E-state index contributed by atoms with van der Waals surface area (Å²) in [6, 6.07) is 1.94. The van der Waals surface area contributed by atoms with E-state index in [4.69, 9.17) is 0 Å². The van der Waals surface area contributed by atoms with Crippen LogP contribution >= 0.6 is 0 Å². The van der Waals surface area contributed by atoms with Crippen LogP contribution in [0.4, 0.5) is 0 Å². The summed E-state index contributed by atoms with van der Waals surface area (Å²) in [7, 11) is 2.38. The molecule has 0 aliphatic carbocycles. The highest BCUT2D eigenvalue weighted by molar-refractivity contribution is 4.72. The van der Waals surface area contributed by atoms with Crippen LogP contribution < -0.4 is 10.2 Å². The lowest BCUT2D eigenvalue weighted by atomic mass is 9.95. The maximum absolute atomic E-state index is 2.58. The van der Waals surface area contributed by atoms with Gasteiger partial charge in [-0.2, -0.15) is 0 Å². The molecule has 2 aliphatic rings. The molecule has 70 valence electrons. The molecule has 2 saturated heterocycles. The van der Waals surface area contributed by atoms with Crippen molar-refractivity contribution in [2.24, 2.45) is 0 Å². The van der Waals surface area contributed by atoms with Gasteiger partial charge < -0.3 is 10.2 Å². The maximum atomic E-state index is 2.58. The van der Waals surface area contributed by atoms with Crippen LogP contribution in [-0.2, 0) is 0 Å². The Bertz CT molecular complexity index is 141. The van der Waals surface area contributed by atoms with E-state index in [2.05, 4.69) is 12.4 Å². The van der Waals surface area contributed by atoms with Crippen LogP contribution in [-0.4, -0.2) is 32.2 Å². The molecule has 0 radical (unpaired) electrons. The first-order valence-corrected chi connectivity index (χ1v) is 5.53. The highest BCUT2D eigenvalue weighted by Crippen LogP contribution is 2.09. The summed E-state index contributed by atoms with van der Waals surface area (Å²) in [5.74, 6) is 0. The van der Waals surface area contributed by atoms with Gasteiger partial charge >= 0.3 is 0 Å². The summed E-state index contributed by atoms with van der Waals surface area (Å²) in [6.45, 7) is 2.80. The Kier molecular flexibility index (Phi) is 2.66. The molecule has 12 heavy (non-hydrogen) atoms. The van der Waals surface area contributed by atoms with Gasteiger partial charge in [-0.05, 0) is 12.8 Å². The zero-order valence-electron chi connectivity index (χ0n) is 8.18. The number of piperidine rings is 1. The van der Waals surface area contributed by atoms with E-state index >= 15 is 0 Å². The van der Waals surface area contributed by atoms with E-state index in [1.54, 1.807) is 4.90 Å². The number of hydrogen-bond donors (Lipinski definition) is 2. The standard InChI is InChI=1S/C10H20N2/c1-12-8-3-2-6-10(12)9-5-4-7-11-9/h9-11H,2-8H2,1H3/p+2/t9-,10+/m0/s1. The fourth-order valence-electron chi connectivity index (χ4n) is 2.95. The van der Waals surface area contributed by atoms with Gasteiger partial charge in [0.1, 0.15) is 12.1 Å². The van der Waals surface area contributed by atoms with Crippen molar-refractivity contribution in [1.29, 1.82) is 0 Å². The number of rotatable bonds is 1. The first-order valence-electron chi connectivity index (χ1n) is 5.53. The van der Waals surface area contributed by atoms with Crippen LogP contribution in [0.2, 0.25) is 0 Å². The molecule has 0 saturated carbocycles. The minimum atomic E-state index is 0.963. The summed E-state index contributed by atoms with van der Waals surface area (Å²) in [4.78, 5) is 1.80. The van der Waals surface area contributed by atoms with E-state index in [1.165, 1.54) is 45.2 Å². The molecule has 0 amide bonds. The normalized spacial score (nSPS) is 43.2. The number of nitrogens with one attached hydrogen (secondary N) is 1. The maximum Gasteiger partial charge on any atom is 0.140 e. The molecule has 0 spiro atoms. The SMILES string of the molecule is C[NH+]1CCCC[C@@H]1[C@@H]1CCC[NH2+]1. The molecule has 2 nitrogen and oxygen atoms in total. The highest BCUT2D eigenvalue weighted by atomic mass is 15.2. The van der Waals surface area contributed by atoms with E-state index in [1.807, 2.05) is 0 Å². The highest BCUT2D eigenvalue weighted by Gasteiger charge is 2.35. The molecule has 2 rings (SSSR count). The largest absolute Gasteiger partial charge is 0.339 e. The molecular weight excluding hydrogens is 148 g/mol. The van der Waals surface area contributed by atoms with Crippen molar-refractivity contribution in [3.05, 3.63) is 0 Å². The van der Waals surface area contributed by atoms with Crippen molar-refractivity contribution < 1.29 is 10.2 Å². The van der Waals surface area contributed by atoms with Crippen molar-refractivity contribution >= 4 is 0 Å². The third-order valence-corrected chi connectivity index (χ3v) is 3.70. The number of likely N-dealkylation sites (N-methyl/N-ethyl adjacent to an activating group) is 1. The molecule has 3 atom stereocenters. The van der Waals surface area contributed by atoms with Crippen LogP contribution in [0.3, 0.4) is 0 Å². The molecule has 0 aromatic heterocycles. The molecule has 2 heteroatoms. The average molecular weight is 170 g/mol. The van der Waals surface area contributed by atoms with Gasteiger partial charge in [-0.1, -0.05) is 0 Å². The fraction of sp³-hybridized carbons (Fsp3) is 1.00. The molecule has 2 fully saturated rings.